The van der Waals surface area contributed by atoms with E-state index in [9.17, 15) is 0 Å². The zero-order valence-electron chi connectivity index (χ0n) is 12.2. The fourth-order valence-corrected chi connectivity index (χ4v) is 0.941. The van der Waals surface area contributed by atoms with Gasteiger partial charge in [-0.2, -0.15) is 0 Å². The van der Waals surface area contributed by atoms with Gasteiger partial charge in [-0.25, -0.2) is 4.98 Å². The molecule has 3 N–H and O–H groups in total. The highest BCUT2D eigenvalue weighted by atomic mass is 32.1. The Morgan fingerprint density at radius 1 is 0.957 bits per heavy atom. The predicted octanol–water partition coefficient (Wildman–Crippen LogP) is 1.38. The molecule has 0 amide bonds. The molecule has 0 aliphatic carbocycles. The molecule has 0 unspecified atom stereocenters. The van der Waals surface area contributed by atoms with E-state index in [0.717, 1.165) is 0 Å². The van der Waals surface area contributed by atoms with Gasteiger partial charge in [-0.3, -0.25) is 0 Å². The summed E-state index contributed by atoms with van der Waals surface area (Å²) in [5.74, 6) is 32.5. The molecule has 1 heterocycles. The minimum atomic E-state index is 0.421. The van der Waals surface area contributed by atoms with E-state index < -0.39 is 0 Å². The monoisotopic (exact) mass is 311 g/mol. The van der Waals surface area contributed by atoms with Crippen molar-refractivity contribution in [2.75, 3.05) is 5.73 Å². The molecule has 1 aromatic heterocycles. The summed E-state index contributed by atoms with van der Waals surface area (Å²) < 4.78 is 0.421. The second-order valence-corrected chi connectivity index (χ2v) is 3.49. The Labute approximate surface area is 141 Å². The number of hydrogen-bond donors (Lipinski definition) is 2. The lowest BCUT2D eigenvalue weighted by atomic mass is 10.5. The van der Waals surface area contributed by atoms with Gasteiger partial charge in [0.2, 0.25) is 0 Å². The summed E-state index contributed by atoms with van der Waals surface area (Å²) in [4.78, 5) is 6.37. The van der Waals surface area contributed by atoms with Crippen molar-refractivity contribution in [2.24, 2.45) is 0 Å². The molecule has 106 valence electrons. The third-order valence-electron chi connectivity index (χ3n) is 1.52. The molecule has 0 aliphatic rings. The van der Waals surface area contributed by atoms with E-state index in [4.69, 9.17) is 12.2 Å². The lowest BCUT2D eigenvalue weighted by Gasteiger charge is -1.86. The molecule has 23 heavy (non-hydrogen) atoms. The number of nitrogens with two attached hydrogens (primary N) is 1. The molecule has 0 bridgehead atoms. The number of aromatic nitrogens is 2. The first-order valence-electron chi connectivity index (χ1n) is 5.89. The van der Waals surface area contributed by atoms with Gasteiger partial charge in [0.05, 0.1) is 0 Å². The summed E-state index contributed by atoms with van der Waals surface area (Å²) in [6.45, 7) is 1.70. The van der Waals surface area contributed by atoms with E-state index in [1.807, 2.05) is 0 Å². The summed E-state index contributed by atoms with van der Waals surface area (Å²) >= 11 is 4.65. The minimum absolute atomic E-state index is 0.421. The molecule has 3 nitrogen and oxygen atoms in total. The van der Waals surface area contributed by atoms with Crippen molar-refractivity contribution < 1.29 is 0 Å². The van der Waals surface area contributed by atoms with Crippen LogP contribution < -0.4 is 5.73 Å². The van der Waals surface area contributed by atoms with Crippen molar-refractivity contribution in [3.8, 4) is 83.4 Å². The van der Waals surface area contributed by atoms with Crippen LogP contribution in [0, 0.1) is 88.2 Å². The smallest absolute Gasteiger partial charge is 0.198 e. The van der Waals surface area contributed by atoms with Gasteiger partial charge in [-0.05, 0) is 96.3 Å². The average molecular weight is 311 g/mol. The van der Waals surface area contributed by atoms with E-state index in [1.54, 1.807) is 19.2 Å². The fraction of sp³-hybridized carbons (Fsp3) is 0.0526. The van der Waals surface area contributed by atoms with Crippen LogP contribution in [0.4, 0.5) is 5.82 Å². The van der Waals surface area contributed by atoms with Gasteiger partial charge in [-0.1, -0.05) is 5.92 Å². The van der Waals surface area contributed by atoms with Crippen LogP contribution in [-0.2, 0) is 0 Å². The summed E-state index contributed by atoms with van der Waals surface area (Å²) in [5, 5.41) is 0. The van der Waals surface area contributed by atoms with Gasteiger partial charge in [0, 0.05) is 6.20 Å². The molecule has 0 saturated carbocycles. The molecule has 0 aromatic carbocycles. The zero-order valence-corrected chi connectivity index (χ0v) is 13.0. The third-order valence-corrected chi connectivity index (χ3v) is 1.73. The van der Waals surface area contributed by atoms with Crippen molar-refractivity contribution in [1.82, 2.24) is 9.97 Å². The second-order valence-electron chi connectivity index (χ2n) is 3.10. The lowest BCUT2D eigenvalue weighted by Crippen LogP contribution is -1.89. The number of nitrogens with one attached hydrogen (secondary N) is 1. The highest BCUT2D eigenvalue weighted by Crippen LogP contribution is 1.89. The van der Waals surface area contributed by atoms with Crippen molar-refractivity contribution >= 4 is 18.0 Å². The summed E-state index contributed by atoms with van der Waals surface area (Å²) in [5.41, 5.74) is 5.30. The molecule has 0 spiro atoms. The van der Waals surface area contributed by atoms with Crippen LogP contribution in [0.2, 0.25) is 0 Å². The molecular weight excluding hydrogens is 302 g/mol. The van der Waals surface area contributed by atoms with Gasteiger partial charge in [0.25, 0.3) is 0 Å². The molecule has 0 radical (unpaired) electrons. The maximum atomic E-state index is 5.30. The standard InChI is InChI=1S/C15H4.C4H5N3S/c1-3-5-7-9-11-13-15-14-12-10-8-6-4-2;5-3-1-2-6-4(8)7-3/h1H,2H3;1-2H,(H3,5,6,7,8). The van der Waals surface area contributed by atoms with Crippen molar-refractivity contribution in [2.45, 2.75) is 6.92 Å². The normalized spacial score (nSPS) is 5.57. The van der Waals surface area contributed by atoms with Crippen LogP contribution in [0.15, 0.2) is 12.3 Å². The average Bonchev–Trinajstić information content (AvgIpc) is 2.53. The maximum Gasteiger partial charge on any atom is 0.198 e. The predicted molar refractivity (Wildman–Crippen MR) is 95.0 cm³/mol. The first kappa shape index (κ1) is 19.0. The first-order chi connectivity index (χ1) is 11.2. The van der Waals surface area contributed by atoms with Crippen LogP contribution >= 0.6 is 12.2 Å². The van der Waals surface area contributed by atoms with Crippen LogP contribution in [0.5, 0.6) is 0 Å². The van der Waals surface area contributed by atoms with Crippen LogP contribution in [0.25, 0.3) is 0 Å². The molecule has 0 atom stereocenters. The molecule has 1 aromatic rings. The van der Waals surface area contributed by atoms with E-state index in [0.29, 0.717) is 10.6 Å². The highest BCUT2D eigenvalue weighted by molar-refractivity contribution is 7.71. The minimum Gasteiger partial charge on any atom is -0.385 e. The molecule has 0 fully saturated rings. The van der Waals surface area contributed by atoms with Crippen molar-refractivity contribution in [3.63, 3.8) is 0 Å². The highest BCUT2D eigenvalue weighted by Gasteiger charge is 1.77. The first-order valence-corrected chi connectivity index (χ1v) is 6.29. The topological polar surface area (TPSA) is 54.7 Å². The van der Waals surface area contributed by atoms with Gasteiger partial charge in [0.1, 0.15) is 5.82 Å². The molecule has 0 saturated heterocycles. The van der Waals surface area contributed by atoms with E-state index >= 15 is 0 Å². The summed E-state index contributed by atoms with van der Waals surface area (Å²) in [6.07, 6.45) is 6.44. The van der Waals surface area contributed by atoms with Crippen LogP contribution in [0.1, 0.15) is 6.92 Å². The van der Waals surface area contributed by atoms with Crippen molar-refractivity contribution in [1.29, 1.82) is 0 Å². The quantitative estimate of drug-likeness (QED) is 0.562. The number of anilines is 1. The number of terminal acetylenes is 1. The zero-order chi connectivity index (χ0) is 17.2. The Kier molecular flexibility index (Phi) is 11.9. The largest absolute Gasteiger partial charge is 0.385 e. The van der Waals surface area contributed by atoms with Gasteiger partial charge in [0.15, 0.2) is 4.77 Å². The maximum absolute atomic E-state index is 5.30. The van der Waals surface area contributed by atoms with E-state index in [2.05, 4.69) is 99.2 Å². The van der Waals surface area contributed by atoms with Crippen molar-refractivity contribution in [3.05, 3.63) is 17.0 Å². The summed E-state index contributed by atoms with van der Waals surface area (Å²) in [6, 6.07) is 1.65. The Balaban J connectivity index is 0.000000502. The fourth-order valence-electron chi connectivity index (χ4n) is 0.763. The number of hydrogen-bond acceptors (Lipinski definition) is 3. The van der Waals surface area contributed by atoms with Crippen LogP contribution in [0.3, 0.4) is 0 Å². The second kappa shape index (κ2) is 14.4. The number of nitrogens with zero attached hydrogens (tertiary/aromatic N) is 1. The molecule has 0 aliphatic heterocycles. The van der Waals surface area contributed by atoms with E-state index in [-0.39, 0.29) is 0 Å². The third kappa shape index (κ3) is 14.2. The molecule has 1 rings (SSSR count). The van der Waals surface area contributed by atoms with E-state index in [1.165, 1.54) is 0 Å². The number of nitrogen functional groups attached to an aromatic ring is 1. The Bertz CT molecular complexity index is 1000. The molecular formula is C19H9N3S. The van der Waals surface area contributed by atoms with Gasteiger partial charge < -0.3 is 10.7 Å². The molecule has 4 heteroatoms. The van der Waals surface area contributed by atoms with Gasteiger partial charge in [-0.15, -0.1) is 6.42 Å². The Hall–Kier alpha value is -3.98. The number of aromatic amines is 1. The Morgan fingerprint density at radius 2 is 1.43 bits per heavy atom. The summed E-state index contributed by atoms with van der Waals surface area (Å²) in [7, 11) is 0. The van der Waals surface area contributed by atoms with Crippen LogP contribution in [-0.4, -0.2) is 9.97 Å². The van der Waals surface area contributed by atoms with Gasteiger partial charge >= 0.3 is 0 Å². The number of rotatable bonds is 0. The number of H-pyrrole nitrogens is 1. The lowest BCUT2D eigenvalue weighted by molar-refractivity contribution is 1.14. The SMILES string of the molecule is C#CC#CC#CC#CC#CC#CC#CC.Nc1ccnc(=S)[nH]1. The Morgan fingerprint density at radius 3 is 1.78 bits per heavy atom.